The van der Waals surface area contributed by atoms with Gasteiger partial charge in [0, 0.05) is 29.9 Å². The molecule has 0 radical (unpaired) electrons. The predicted octanol–water partition coefficient (Wildman–Crippen LogP) is 1.66. The number of hydrazine groups is 1. The Kier molecular flexibility index (Phi) is 1.29. The summed E-state index contributed by atoms with van der Waals surface area (Å²) in [6.45, 7) is 0.886. The molecule has 3 heteroatoms. The maximum Gasteiger partial charge on any atom is 0.0539 e. The second kappa shape index (κ2) is 2.44. The summed E-state index contributed by atoms with van der Waals surface area (Å²) in [5, 5.41) is 2.48. The van der Waals surface area contributed by atoms with E-state index in [4.69, 9.17) is 0 Å². The molecule has 2 N–H and O–H groups in total. The van der Waals surface area contributed by atoms with Gasteiger partial charge in [-0.05, 0) is 17.5 Å². The zero-order chi connectivity index (χ0) is 8.67. The first-order chi connectivity index (χ1) is 6.45. The molecule has 0 spiro atoms. The number of hydrogen-bond acceptors (Lipinski definition) is 3. The van der Waals surface area contributed by atoms with Gasteiger partial charge in [-0.2, -0.15) is 0 Å². The highest BCUT2D eigenvalue weighted by Gasteiger charge is 2.11. The van der Waals surface area contributed by atoms with Crippen LogP contribution in [0.25, 0.3) is 10.8 Å². The van der Waals surface area contributed by atoms with Gasteiger partial charge < -0.3 is 5.43 Å². The van der Waals surface area contributed by atoms with E-state index in [0.717, 1.165) is 6.54 Å². The molecule has 0 unspecified atom stereocenters. The van der Waals surface area contributed by atoms with Gasteiger partial charge in [0.25, 0.3) is 0 Å². The molecule has 2 heterocycles. The lowest BCUT2D eigenvalue weighted by molar-refractivity contribution is 0.863. The van der Waals surface area contributed by atoms with Crippen LogP contribution in [-0.4, -0.2) is 4.98 Å². The van der Waals surface area contributed by atoms with Crippen LogP contribution < -0.4 is 10.9 Å². The van der Waals surface area contributed by atoms with Crippen LogP contribution in [0.5, 0.6) is 0 Å². The van der Waals surface area contributed by atoms with E-state index in [0.29, 0.717) is 0 Å². The van der Waals surface area contributed by atoms with Gasteiger partial charge >= 0.3 is 0 Å². The molecule has 0 saturated carbocycles. The van der Waals surface area contributed by atoms with Crippen LogP contribution in [-0.2, 0) is 6.54 Å². The van der Waals surface area contributed by atoms with E-state index in [1.807, 2.05) is 12.4 Å². The van der Waals surface area contributed by atoms with Crippen molar-refractivity contribution in [2.24, 2.45) is 0 Å². The van der Waals surface area contributed by atoms with Crippen LogP contribution in [0.4, 0.5) is 5.69 Å². The molecule has 3 rings (SSSR count). The molecule has 1 aromatic carbocycles. The molecule has 13 heavy (non-hydrogen) atoms. The maximum atomic E-state index is 4.10. The van der Waals surface area contributed by atoms with Gasteiger partial charge in [0.2, 0.25) is 0 Å². The number of pyridine rings is 1. The van der Waals surface area contributed by atoms with E-state index in [2.05, 4.69) is 34.0 Å². The Hall–Kier alpha value is -1.61. The first kappa shape index (κ1) is 6.86. The van der Waals surface area contributed by atoms with Crippen LogP contribution in [0, 0.1) is 0 Å². The number of fused-ring (bicyclic) bond motifs is 3. The summed E-state index contributed by atoms with van der Waals surface area (Å²) < 4.78 is 0. The van der Waals surface area contributed by atoms with Crippen molar-refractivity contribution < 1.29 is 0 Å². The molecule has 2 aromatic rings. The summed E-state index contributed by atoms with van der Waals surface area (Å²) in [6, 6.07) is 6.23. The van der Waals surface area contributed by atoms with Crippen LogP contribution in [0.1, 0.15) is 5.56 Å². The summed E-state index contributed by atoms with van der Waals surface area (Å²) in [7, 11) is 0. The van der Waals surface area contributed by atoms with Crippen molar-refractivity contribution in [2.45, 2.75) is 6.54 Å². The topological polar surface area (TPSA) is 37.0 Å². The predicted molar refractivity (Wildman–Crippen MR) is 52.2 cm³/mol. The fourth-order valence-electron chi connectivity index (χ4n) is 1.77. The Morgan fingerprint density at radius 3 is 3.23 bits per heavy atom. The van der Waals surface area contributed by atoms with E-state index in [1.54, 1.807) is 0 Å². The molecule has 1 aliphatic heterocycles. The zero-order valence-corrected chi connectivity index (χ0v) is 7.04. The number of nitrogens with one attached hydrogen (secondary N) is 2. The lowest BCUT2D eigenvalue weighted by Crippen LogP contribution is -2.10. The molecule has 0 amide bonds. The smallest absolute Gasteiger partial charge is 0.0539 e. The summed E-state index contributed by atoms with van der Waals surface area (Å²) >= 11 is 0. The van der Waals surface area contributed by atoms with E-state index >= 15 is 0 Å². The van der Waals surface area contributed by atoms with Crippen molar-refractivity contribution in [1.29, 1.82) is 0 Å². The summed E-state index contributed by atoms with van der Waals surface area (Å²) in [4.78, 5) is 4.10. The lowest BCUT2D eigenvalue weighted by atomic mass is 10.1. The fraction of sp³-hybridized carbons (Fsp3) is 0.100. The SMILES string of the molecule is c1cc2c3c(ccc2cn1)NNC3. The van der Waals surface area contributed by atoms with E-state index < -0.39 is 0 Å². The second-order valence-electron chi connectivity index (χ2n) is 3.17. The van der Waals surface area contributed by atoms with Gasteiger partial charge in [0.05, 0.1) is 5.69 Å². The van der Waals surface area contributed by atoms with Gasteiger partial charge in [-0.25, -0.2) is 5.43 Å². The average molecular weight is 171 g/mol. The molecular formula is C10H9N3. The lowest BCUT2D eigenvalue weighted by Gasteiger charge is -2.02. The van der Waals surface area contributed by atoms with Crippen molar-refractivity contribution in [3.63, 3.8) is 0 Å². The highest BCUT2D eigenvalue weighted by molar-refractivity contribution is 5.90. The van der Waals surface area contributed by atoms with Crippen LogP contribution in [0.15, 0.2) is 30.6 Å². The number of benzene rings is 1. The van der Waals surface area contributed by atoms with Gasteiger partial charge in [-0.1, -0.05) is 6.07 Å². The molecule has 0 saturated heterocycles. The van der Waals surface area contributed by atoms with Crippen molar-refractivity contribution in [3.05, 3.63) is 36.2 Å². The number of anilines is 1. The Bertz CT molecular complexity index is 465. The highest BCUT2D eigenvalue weighted by Crippen LogP contribution is 2.27. The van der Waals surface area contributed by atoms with Crippen molar-refractivity contribution >= 4 is 16.5 Å². The first-order valence-corrected chi connectivity index (χ1v) is 4.29. The van der Waals surface area contributed by atoms with Crippen molar-refractivity contribution in [2.75, 3.05) is 5.43 Å². The Balaban J connectivity index is 2.43. The van der Waals surface area contributed by atoms with Gasteiger partial charge in [0.1, 0.15) is 0 Å². The number of hydrogen-bond donors (Lipinski definition) is 2. The van der Waals surface area contributed by atoms with Gasteiger partial charge in [-0.3, -0.25) is 4.98 Å². The standard InChI is InChI=1S/C10H9N3/c1-2-10-9(6-12-13-10)8-3-4-11-5-7(1)8/h1-5,12-13H,6H2. The van der Waals surface area contributed by atoms with Crippen molar-refractivity contribution in [1.82, 2.24) is 10.4 Å². The van der Waals surface area contributed by atoms with E-state index in [-0.39, 0.29) is 0 Å². The molecule has 64 valence electrons. The summed E-state index contributed by atoms with van der Waals surface area (Å²) in [5.74, 6) is 0. The van der Waals surface area contributed by atoms with E-state index in [1.165, 1.54) is 22.0 Å². The number of aromatic nitrogens is 1. The minimum atomic E-state index is 0.886. The minimum absolute atomic E-state index is 0.886. The third kappa shape index (κ3) is 0.907. The Labute approximate surface area is 75.8 Å². The third-order valence-corrected chi connectivity index (χ3v) is 2.42. The van der Waals surface area contributed by atoms with Gasteiger partial charge in [-0.15, -0.1) is 0 Å². The van der Waals surface area contributed by atoms with Crippen molar-refractivity contribution in [3.8, 4) is 0 Å². The average Bonchev–Trinajstić information content (AvgIpc) is 2.65. The second-order valence-corrected chi connectivity index (χ2v) is 3.17. The summed E-state index contributed by atoms with van der Waals surface area (Å²) in [5.41, 5.74) is 8.74. The fourth-order valence-corrected chi connectivity index (χ4v) is 1.77. The van der Waals surface area contributed by atoms with Crippen LogP contribution in [0.2, 0.25) is 0 Å². The molecule has 0 aliphatic carbocycles. The number of nitrogens with zero attached hydrogens (tertiary/aromatic N) is 1. The molecule has 0 bridgehead atoms. The molecule has 1 aliphatic rings. The normalized spacial score (nSPS) is 14.2. The minimum Gasteiger partial charge on any atom is -0.321 e. The third-order valence-electron chi connectivity index (χ3n) is 2.42. The van der Waals surface area contributed by atoms with Crippen LogP contribution in [0.3, 0.4) is 0 Å². The largest absolute Gasteiger partial charge is 0.321 e. The zero-order valence-electron chi connectivity index (χ0n) is 7.04. The van der Waals surface area contributed by atoms with E-state index in [9.17, 15) is 0 Å². The Morgan fingerprint density at radius 2 is 2.23 bits per heavy atom. The molecule has 1 aromatic heterocycles. The monoisotopic (exact) mass is 171 g/mol. The maximum absolute atomic E-state index is 4.10. The highest BCUT2D eigenvalue weighted by atomic mass is 15.4. The number of rotatable bonds is 0. The quantitative estimate of drug-likeness (QED) is 0.633. The molecular weight excluding hydrogens is 162 g/mol. The van der Waals surface area contributed by atoms with Crippen LogP contribution >= 0.6 is 0 Å². The molecule has 0 fully saturated rings. The Morgan fingerprint density at radius 1 is 1.23 bits per heavy atom. The molecule has 0 atom stereocenters. The summed E-state index contributed by atoms with van der Waals surface area (Å²) in [6.07, 6.45) is 3.73. The molecule has 3 nitrogen and oxygen atoms in total. The van der Waals surface area contributed by atoms with Gasteiger partial charge in [0.15, 0.2) is 0 Å². The first-order valence-electron chi connectivity index (χ1n) is 4.29.